The summed E-state index contributed by atoms with van der Waals surface area (Å²) in [6.45, 7) is 6.92. The van der Waals surface area contributed by atoms with Gasteiger partial charge in [-0.25, -0.2) is 4.39 Å². The van der Waals surface area contributed by atoms with Crippen LogP contribution in [0.4, 0.5) is 4.39 Å². The van der Waals surface area contributed by atoms with E-state index >= 15 is 0 Å². The number of nitrogens with one attached hydrogen (secondary N) is 2. The molecule has 2 aromatic rings. The van der Waals surface area contributed by atoms with Crippen LogP contribution in [0.5, 0.6) is 0 Å². The van der Waals surface area contributed by atoms with Gasteiger partial charge in [-0.15, -0.1) is 0 Å². The number of piperazine rings is 1. The molecule has 0 aliphatic carbocycles. The van der Waals surface area contributed by atoms with E-state index in [0.29, 0.717) is 24.2 Å². The normalized spacial score (nSPS) is 15.4. The summed E-state index contributed by atoms with van der Waals surface area (Å²) in [5.74, 6) is 0.141. The fourth-order valence-corrected chi connectivity index (χ4v) is 3.18. The number of rotatable bonds is 6. The van der Waals surface area contributed by atoms with Crippen molar-refractivity contribution in [3.63, 3.8) is 0 Å². The Morgan fingerprint density at radius 1 is 1.21 bits per heavy atom. The molecule has 1 amide bonds. The topological polar surface area (TPSA) is 86.0 Å². The largest absolute Gasteiger partial charge is 0.364 e. The summed E-state index contributed by atoms with van der Waals surface area (Å²) < 4.78 is 18.5. The van der Waals surface area contributed by atoms with E-state index in [9.17, 15) is 9.18 Å². The fraction of sp³-hybridized carbons (Fsp3) is 0.450. The lowest BCUT2D eigenvalue weighted by Gasteiger charge is -2.36. The number of hydrogen-bond donors (Lipinski definition) is 2. The summed E-state index contributed by atoms with van der Waals surface area (Å²) in [4.78, 5) is 21.0. The molecule has 0 unspecified atom stereocenters. The van der Waals surface area contributed by atoms with Crippen LogP contribution < -0.4 is 10.6 Å². The maximum Gasteiger partial charge on any atom is 0.251 e. The van der Waals surface area contributed by atoms with Gasteiger partial charge < -0.3 is 20.1 Å². The molecule has 1 saturated heterocycles. The zero-order valence-electron chi connectivity index (χ0n) is 16.8. The van der Waals surface area contributed by atoms with Gasteiger partial charge in [0.25, 0.3) is 5.91 Å². The highest BCUT2D eigenvalue weighted by Gasteiger charge is 2.20. The number of halogens is 1. The molecule has 2 N–H and O–H groups in total. The molecule has 156 valence electrons. The first kappa shape index (κ1) is 20.8. The SMILES string of the molecule is CN=C(NCCNC(=O)c1ccc(C)c(F)c1)N1CCN(Cc2ccon2)CC1. The first-order valence-corrected chi connectivity index (χ1v) is 9.68. The number of aryl methyl sites for hydroxylation is 1. The van der Waals surface area contributed by atoms with Crippen LogP contribution in [0.1, 0.15) is 21.6 Å². The molecule has 0 spiro atoms. The number of carbonyl (C=O) groups is 1. The molecule has 1 fully saturated rings. The minimum absolute atomic E-state index is 0.290. The van der Waals surface area contributed by atoms with Crippen molar-refractivity contribution in [3.8, 4) is 0 Å². The number of nitrogens with zero attached hydrogens (tertiary/aromatic N) is 4. The summed E-state index contributed by atoms with van der Waals surface area (Å²) in [6.07, 6.45) is 1.59. The molecule has 29 heavy (non-hydrogen) atoms. The minimum Gasteiger partial charge on any atom is -0.364 e. The predicted molar refractivity (Wildman–Crippen MR) is 108 cm³/mol. The Morgan fingerprint density at radius 3 is 2.62 bits per heavy atom. The van der Waals surface area contributed by atoms with Gasteiger partial charge in [-0.05, 0) is 24.6 Å². The number of hydrogen-bond acceptors (Lipinski definition) is 5. The summed E-state index contributed by atoms with van der Waals surface area (Å²) in [5.41, 5.74) is 1.78. The lowest BCUT2D eigenvalue weighted by molar-refractivity contribution is 0.0953. The van der Waals surface area contributed by atoms with Crippen molar-refractivity contribution in [2.45, 2.75) is 13.5 Å². The number of aromatic nitrogens is 1. The molecule has 0 saturated carbocycles. The van der Waals surface area contributed by atoms with E-state index in [-0.39, 0.29) is 11.7 Å². The van der Waals surface area contributed by atoms with Crippen LogP contribution in [0, 0.1) is 12.7 Å². The van der Waals surface area contributed by atoms with E-state index in [0.717, 1.165) is 44.4 Å². The third-order valence-electron chi connectivity index (χ3n) is 4.89. The van der Waals surface area contributed by atoms with Gasteiger partial charge in [0.15, 0.2) is 5.96 Å². The van der Waals surface area contributed by atoms with Gasteiger partial charge in [-0.2, -0.15) is 0 Å². The Morgan fingerprint density at radius 2 is 1.97 bits per heavy atom. The highest BCUT2D eigenvalue weighted by atomic mass is 19.1. The van der Waals surface area contributed by atoms with Crippen molar-refractivity contribution in [1.82, 2.24) is 25.6 Å². The van der Waals surface area contributed by atoms with Crippen molar-refractivity contribution in [3.05, 3.63) is 53.2 Å². The van der Waals surface area contributed by atoms with Crippen molar-refractivity contribution in [1.29, 1.82) is 0 Å². The molecule has 0 radical (unpaired) electrons. The van der Waals surface area contributed by atoms with E-state index in [4.69, 9.17) is 4.52 Å². The standard InChI is InChI=1S/C20H27FN6O2/c1-15-3-4-16(13-18(15)21)19(28)23-6-7-24-20(22-2)27-10-8-26(9-11-27)14-17-5-12-29-25-17/h3-5,12-13H,6-11,14H2,1-2H3,(H,22,24)(H,23,28). The lowest BCUT2D eigenvalue weighted by atomic mass is 10.1. The number of guanidine groups is 1. The predicted octanol–water partition coefficient (Wildman–Crippen LogP) is 1.25. The maximum absolute atomic E-state index is 13.6. The molecular weight excluding hydrogens is 375 g/mol. The second-order valence-electron chi connectivity index (χ2n) is 6.95. The zero-order valence-corrected chi connectivity index (χ0v) is 16.8. The monoisotopic (exact) mass is 402 g/mol. The van der Waals surface area contributed by atoms with Crippen LogP contribution in [0.2, 0.25) is 0 Å². The smallest absolute Gasteiger partial charge is 0.251 e. The Bertz CT molecular complexity index is 832. The van der Waals surface area contributed by atoms with E-state index < -0.39 is 0 Å². The Hall–Kier alpha value is -2.94. The molecule has 0 atom stereocenters. The van der Waals surface area contributed by atoms with Crippen LogP contribution in [0.3, 0.4) is 0 Å². The minimum atomic E-state index is -0.376. The van der Waals surface area contributed by atoms with Gasteiger partial charge in [-0.1, -0.05) is 11.2 Å². The van der Waals surface area contributed by atoms with Gasteiger partial charge in [0, 0.05) is 64.5 Å². The summed E-state index contributed by atoms with van der Waals surface area (Å²) in [5, 5.41) is 10.0. The summed E-state index contributed by atoms with van der Waals surface area (Å²) in [7, 11) is 1.75. The van der Waals surface area contributed by atoms with E-state index in [1.807, 2.05) is 6.07 Å². The molecule has 1 aliphatic heterocycles. The van der Waals surface area contributed by atoms with Crippen LogP contribution in [0.15, 0.2) is 40.0 Å². The Labute approximate surface area is 169 Å². The zero-order chi connectivity index (χ0) is 20.6. The second-order valence-corrected chi connectivity index (χ2v) is 6.95. The molecule has 1 aliphatic rings. The first-order chi connectivity index (χ1) is 14.1. The van der Waals surface area contributed by atoms with Crippen LogP contribution in [-0.2, 0) is 6.54 Å². The van der Waals surface area contributed by atoms with Crippen molar-refractivity contribution >= 4 is 11.9 Å². The number of carbonyl (C=O) groups excluding carboxylic acids is 1. The average Bonchev–Trinajstić information content (AvgIpc) is 3.24. The van der Waals surface area contributed by atoms with Crippen LogP contribution >= 0.6 is 0 Å². The van der Waals surface area contributed by atoms with Gasteiger partial charge in [0.05, 0.1) is 5.69 Å². The number of aliphatic imine (C=N–C) groups is 1. The summed E-state index contributed by atoms with van der Waals surface area (Å²) >= 11 is 0. The van der Waals surface area contributed by atoms with E-state index in [1.165, 1.54) is 6.07 Å². The van der Waals surface area contributed by atoms with Crippen LogP contribution in [0.25, 0.3) is 0 Å². The molecule has 8 nitrogen and oxygen atoms in total. The second kappa shape index (κ2) is 10.0. The molecule has 1 aromatic heterocycles. The van der Waals surface area contributed by atoms with Gasteiger partial charge >= 0.3 is 0 Å². The number of benzene rings is 1. The van der Waals surface area contributed by atoms with Crippen molar-refractivity contribution in [2.75, 3.05) is 46.3 Å². The van der Waals surface area contributed by atoms with E-state index in [2.05, 4.69) is 30.6 Å². The van der Waals surface area contributed by atoms with Gasteiger partial charge in [-0.3, -0.25) is 14.7 Å². The fourth-order valence-electron chi connectivity index (χ4n) is 3.18. The van der Waals surface area contributed by atoms with Gasteiger partial charge in [0.2, 0.25) is 0 Å². The summed E-state index contributed by atoms with van der Waals surface area (Å²) in [6, 6.07) is 6.37. The molecule has 1 aromatic carbocycles. The number of amides is 1. The molecular formula is C20H27FN6O2. The quantitative estimate of drug-likeness (QED) is 0.430. The lowest BCUT2D eigenvalue weighted by Crippen LogP contribution is -2.53. The Balaban J connectivity index is 1.38. The third kappa shape index (κ3) is 5.77. The van der Waals surface area contributed by atoms with E-state index in [1.54, 1.807) is 32.4 Å². The molecule has 9 heteroatoms. The highest BCUT2D eigenvalue weighted by molar-refractivity contribution is 5.94. The average molecular weight is 402 g/mol. The van der Waals surface area contributed by atoms with Gasteiger partial charge in [0.1, 0.15) is 12.1 Å². The maximum atomic E-state index is 13.6. The van der Waals surface area contributed by atoms with Crippen LogP contribution in [-0.4, -0.2) is 73.1 Å². The molecule has 0 bridgehead atoms. The molecule has 2 heterocycles. The first-order valence-electron chi connectivity index (χ1n) is 9.68. The Kier molecular flexibility index (Phi) is 7.18. The van der Waals surface area contributed by atoms with Crippen molar-refractivity contribution < 1.29 is 13.7 Å². The van der Waals surface area contributed by atoms with Crippen molar-refractivity contribution in [2.24, 2.45) is 4.99 Å². The highest BCUT2D eigenvalue weighted by Crippen LogP contribution is 2.09. The third-order valence-corrected chi connectivity index (χ3v) is 4.89. The molecule has 3 rings (SSSR count).